The van der Waals surface area contributed by atoms with Gasteiger partial charge in [0.15, 0.2) is 0 Å². The largest absolute Gasteiger partial charge is 0.457 e. The Morgan fingerprint density at radius 1 is 1.00 bits per heavy atom. The molecule has 7 nitrogen and oxygen atoms in total. The van der Waals surface area contributed by atoms with Gasteiger partial charge in [0.2, 0.25) is 11.5 Å². The minimum atomic E-state index is -0.271. The van der Waals surface area contributed by atoms with Gasteiger partial charge in [0.1, 0.15) is 6.61 Å². The third kappa shape index (κ3) is 3.45. The highest BCUT2D eigenvalue weighted by Crippen LogP contribution is 2.43. The van der Waals surface area contributed by atoms with E-state index in [1.165, 1.54) is 21.8 Å². The summed E-state index contributed by atoms with van der Waals surface area (Å²) >= 11 is 0. The highest BCUT2D eigenvalue weighted by Gasteiger charge is 2.48. The molecule has 4 heterocycles. The number of esters is 1. The molecule has 1 amide bonds. The number of ether oxygens (including phenoxy) is 1. The van der Waals surface area contributed by atoms with Gasteiger partial charge in [-0.25, -0.2) is 4.79 Å². The van der Waals surface area contributed by atoms with Gasteiger partial charge >= 0.3 is 5.97 Å². The monoisotopic (exact) mass is 435 g/mol. The molecule has 1 aromatic heterocycles. The van der Waals surface area contributed by atoms with E-state index in [-0.39, 0.29) is 22.9 Å². The molecule has 32 heavy (non-hydrogen) atoms. The lowest BCUT2D eigenvalue weighted by Gasteiger charge is -2.38. The molecule has 2 fully saturated rings. The summed E-state index contributed by atoms with van der Waals surface area (Å²) in [6, 6.07) is 7.23. The first kappa shape index (κ1) is 20.9. The number of carbonyl (C=O) groups excluding carboxylic acids is 2. The average molecular weight is 436 g/mol. The molecule has 3 aliphatic rings. The number of aromatic nitrogens is 1. The minimum Gasteiger partial charge on any atom is -0.457 e. The summed E-state index contributed by atoms with van der Waals surface area (Å²) in [5.41, 5.74) is 4.63. The van der Waals surface area contributed by atoms with Crippen molar-refractivity contribution in [2.45, 2.75) is 39.2 Å². The number of amides is 1. The molecule has 0 N–H and O–H groups in total. The number of anilines is 1. The number of benzene rings is 1. The fourth-order valence-electron chi connectivity index (χ4n) is 5.42. The molecule has 3 aliphatic heterocycles. The lowest BCUT2D eigenvalue weighted by molar-refractivity contribution is -0.128. The summed E-state index contributed by atoms with van der Waals surface area (Å²) in [5.74, 6) is -0.0149. The predicted molar refractivity (Wildman–Crippen MR) is 121 cm³/mol. The molecule has 0 saturated carbocycles. The Hall–Kier alpha value is -2.93. The van der Waals surface area contributed by atoms with E-state index in [1.807, 2.05) is 11.0 Å². The van der Waals surface area contributed by atoms with Crippen LogP contribution < -0.4 is 10.5 Å². The Kier molecular flexibility index (Phi) is 5.16. The van der Waals surface area contributed by atoms with Crippen LogP contribution in [-0.2, 0) is 29.6 Å². The Labute approximate surface area is 187 Å². The highest BCUT2D eigenvalue weighted by atomic mass is 16.5. The first-order valence-electron chi connectivity index (χ1n) is 11.4. The third-order valence-electron chi connectivity index (χ3n) is 7.68. The fraction of sp³-hybridized carbons (Fsp3) is 0.480. The van der Waals surface area contributed by atoms with Gasteiger partial charge in [0.25, 0.3) is 0 Å². The number of hydrogen-bond acceptors (Lipinski definition) is 5. The van der Waals surface area contributed by atoms with Crippen LogP contribution in [0.3, 0.4) is 0 Å². The van der Waals surface area contributed by atoms with Crippen LogP contribution in [0.15, 0.2) is 35.3 Å². The fourth-order valence-corrected chi connectivity index (χ4v) is 5.42. The van der Waals surface area contributed by atoms with Crippen molar-refractivity contribution in [3.8, 4) is 0 Å². The molecule has 2 saturated heterocycles. The summed E-state index contributed by atoms with van der Waals surface area (Å²) < 4.78 is 6.70. The highest BCUT2D eigenvalue weighted by molar-refractivity contribution is 5.99. The summed E-state index contributed by atoms with van der Waals surface area (Å²) in [7, 11) is 1.72. The van der Waals surface area contributed by atoms with Crippen molar-refractivity contribution in [1.29, 1.82) is 0 Å². The second kappa shape index (κ2) is 7.89. The van der Waals surface area contributed by atoms with Gasteiger partial charge in [-0.2, -0.15) is 0 Å². The topological polar surface area (TPSA) is 71.8 Å². The van der Waals surface area contributed by atoms with E-state index in [2.05, 4.69) is 17.9 Å². The number of piperidine rings is 1. The SMILES string of the molecule is Cc1c(CCN2CCC3(CC2)CCN(c2ccc(=O)n(C)c2)C3=O)ccc2c1COC2=O. The predicted octanol–water partition coefficient (Wildman–Crippen LogP) is 2.43. The maximum atomic E-state index is 13.3. The Morgan fingerprint density at radius 3 is 2.50 bits per heavy atom. The summed E-state index contributed by atoms with van der Waals surface area (Å²) in [6.07, 6.45) is 5.31. The van der Waals surface area contributed by atoms with Gasteiger partial charge in [-0.15, -0.1) is 0 Å². The smallest absolute Gasteiger partial charge is 0.338 e. The van der Waals surface area contributed by atoms with E-state index >= 15 is 0 Å². The molecule has 0 bridgehead atoms. The number of nitrogens with zero attached hydrogens (tertiary/aromatic N) is 3. The van der Waals surface area contributed by atoms with Gasteiger partial charge < -0.3 is 19.1 Å². The second-order valence-electron chi connectivity index (χ2n) is 9.37. The second-order valence-corrected chi connectivity index (χ2v) is 9.37. The maximum Gasteiger partial charge on any atom is 0.338 e. The minimum absolute atomic E-state index is 0.0684. The van der Waals surface area contributed by atoms with E-state index in [4.69, 9.17) is 4.74 Å². The zero-order chi connectivity index (χ0) is 22.5. The number of hydrogen-bond donors (Lipinski definition) is 0. The van der Waals surface area contributed by atoms with Crippen LogP contribution in [0.5, 0.6) is 0 Å². The van der Waals surface area contributed by atoms with E-state index in [0.29, 0.717) is 18.7 Å². The molecule has 0 atom stereocenters. The quantitative estimate of drug-likeness (QED) is 0.690. The average Bonchev–Trinajstić information content (AvgIpc) is 3.32. The van der Waals surface area contributed by atoms with Gasteiger partial charge in [-0.05, 0) is 69.0 Å². The first-order valence-corrected chi connectivity index (χ1v) is 11.4. The molecule has 0 unspecified atom stereocenters. The number of likely N-dealkylation sites (tertiary alicyclic amines) is 1. The number of carbonyl (C=O) groups is 2. The van der Waals surface area contributed by atoms with Crippen molar-refractivity contribution in [3.63, 3.8) is 0 Å². The zero-order valence-electron chi connectivity index (χ0n) is 18.7. The molecule has 168 valence electrons. The van der Waals surface area contributed by atoms with Crippen LogP contribution in [0.4, 0.5) is 5.69 Å². The first-order chi connectivity index (χ1) is 15.4. The summed E-state index contributed by atoms with van der Waals surface area (Å²) in [6.45, 7) is 5.95. The van der Waals surface area contributed by atoms with Gasteiger partial charge in [0, 0.05) is 38.0 Å². The molecular formula is C25H29N3O4. The zero-order valence-corrected chi connectivity index (χ0v) is 18.7. The molecule has 0 aliphatic carbocycles. The van der Waals surface area contributed by atoms with Gasteiger partial charge in [-0.3, -0.25) is 9.59 Å². The lowest BCUT2D eigenvalue weighted by atomic mass is 9.77. The number of rotatable bonds is 4. The normalized spacial score (nSPS) is 20.1. The van der Waals surface area contributed by atoms with Crippen molar-refractivity contribution in [2.75, 3.05) is 31.1 Å². The number of aryl methyl sites for hydroxylation is 1. The molecule has 0 radical (unpaired) electrons. The van der Waals surface area contributed by atoms with Crippen molar-refractivity contribution in [1.82, 2.24) is 9.47 Å². The number of fused-ring (bicyclic) bond motifs is 1. The summed E-state index contributed by atoms with van der Waals surface area (Å²) in [4.78, 5) is 41.1. The van der Waals surface area contributed by atoms with Gasteiger partial charge in [0.05, 0.1) is 16.7 Å². The van der Waals surface area contributed by atoms with Gasteiger partial charge in [-0.1, -0.05) is 6.07 Å². The van der Waals surface area contributed by atoms with Crippen LogP contribution in [0.25, 0.3) is 0 Å². The van der Waals surface area contributed by atoms with Crippen molar-refractivity contribution < 1.29 is 14.3 Å². The van der Waals surface area contributed by atoms with Crippen molar-refractivity contribution in [3.05, 3.63) is 63.1 Å². The third-order valence-corrected chi connectivity index (χ3v) is 7.68. The lowest BCUT2D eigenvalue weighted by Crippen LogP contribution is -2.45. The van der Waals surface area contributed by atoms with E-state index in [9.17, 15) is 14.4 Å². The standard InChI is InChI=1S/C25H29N3O4/c1-17-18(3-5-20-21(17)16-32-23(20)30)7-11-27-12-8-25(9-13-27)10-14-28(24(25)31)19-4-6-22(29)26(2)15-19/h3-6,15H,7-14,16H2,1-2H3. The van der Waals surface area contributed by atoms with Crippen LogP contribution >= 0.6 is 0 Å². The molecule has 7 heteroatoms. The number of pyridine rings is 1. The van der Waals surface area contributed by atoms with Crippen molar-refractivity contribution >= 4 is 17.6 Å². The van der Waals surface area contributed by atoms with E-state index < -0.39 is 0 Å². The molecular weight excluding hydrogens is 406 g/mol. The Balaban J connectivity index is 1.20. The molecule has 1 spiro atoms. The maximum absolute atomic E-state index is 13.3. The van der Waals surface area contributed by atoms with Crippen LogP contribution in [0.1, 0.15) is 46.3 Å². The van der Waals surface area contributed by atoms with Crippen molar-refractivity contribution in [2.24, 2.45) is 12.5 Å². The summed E-state index contributed by atoms with van der Waals surface area (Å²) in [5, 5.41) is 0. The van der Waals surface area contributed by atoms with Crippen LogP contribution in [0, 0.1) is 12.3 Å². The van der Waals surface area contributed by atoms with Crippen LogP contribution in [-0.4, -0.2) is 47.5 Å². The van der Waals surface area contributed by atoms with E-state index in [1.54, 1.807) is 19.3 Å². The Bertz CT molecular complexity index is 1140. The van der Waals surface area contributed by atoms with Crippen LogP contribution in [0.2, 0.25) is 0 Å². The molecule has 5 rings (SSSR count). The van der Waals surface area contributed by atoms with E-state index in [0.717, 1.165) is 56.6 Å². The number of cyclic esters (lactones) is 1. The Morgan fingerprint density at radius 2 is 1.75 bits per heavy atom. The molecule has 1 aromatic carbocycles. The molecule has 2 aromatic rings.